The van der Waals surface area contributed by atoms with Crippen molar-refractivity contribution >= 4 is 5.97 Å². The van der Waals surface area contributed by atoms with Crippen LogP contribution in [0.4, 0.5) is 0 Å². The Hall–Kier alpha value is -2.03. The first-order chi connectivity index (χ1) is 10.9. The summed E-state index contributed by atoms with van der Waals surface area (Å²) in [6.45, 7) is 5.68. The highest BCUT2D eigenvalue weighted by atomic mass is 16.6. The van der Waals surface area contributed by atoms with Gasteiger partial charge in [-0.3, -0.25) is 4.79 Å². The van der Waals surface area contributed by atoms with E-state index in [-0.39, 0.29) is 11.9 Å². The van der Waals surface area contributed by atoms with Crippen LogP contribution in [0.15, 0.2) is 53.1 Å². The highest BCUT2D eigenvalue weighted by Gasteiger charge is 2.20. The van der Waals surface area contributed by atoms with Gasteiger partial charge in [0.2, 0.25) is 0 Å². The van der Waals surface area contributed by atoms with Crippen LogP contribution < -0.4 is 0 Å². The molecular weight excluding hydrogens is 288 g/mol. The topological polar surface area (TPSA) is 39.4 Å². The molecule has 1 atom stereocenters. The predicted molar refractivity (Wildman–Crippen MR) is 91.3 cm³/mol. The predicted octanol–water partition coefficient (Wildman–Crippen LogP) is 5.12. The van der Waals surface area contributed by atoms with Gasteiger partial charge in [-0.05, 0) is 57.7 Å². The molecule has 3 nitrogen and oxygen atoms in total. The van der Waals surface area contributed by atoms with Crippen molar-refractivity contribution in [2.24, 2.45) is 0 Å². The first-order valence-corrected chi connectivity index (χ1v) is 8.23. The summed E-state index contributed by atoms with van der Waals surface area (Å²) in [6, 6.07) is 14.3. The molecule has 1 aromatic heterocycles. The second kappa shape index (κ2) is 8.00. The van der Waals surface area contributed by atoms with Crippen LogP contribution in [0, 0.1) is 0 Å². The molecular formula is C20H26O3. The monoisotopic (exact) mass is 314 g/mol. The molecule has 0 aliphatic carbocycles. The molecule has 0 bridgehead atoms. The van der Waals surface area contributed by atoms with Crippen molar-refractivity contribution in [1.82, 2.24) is 0 Å². The molecule has 2 aromatic rings. The molecule has 0 radical (unpaired) electrons. The standard InChI is InChI=1S/C20H26O3/c1-20(2,3)23-19(21)14-13-17(18-10-7-15-22-18)12-11-16-8-5-4-6-9-16/h4-10,15,17H,11-14H2,1-3H3/t17-/m0/s1. The fourth-order valence-corrected chi connectivity index (χ4v) is 2.62. The fraction of sp³-hybridized carbons (Fsp3) is 0.450. The van der Waals surface area contributed by atoms with Gasteiger partial charge in [0.1, 0.15) is 11.4 Å². The summed E-state index contributed by atoms with van der Waals surface area (Å²) < 4.78 is 11.0. The number of hydrogen-bond donors (Lipinski definition) is 0. The number of benzene rings is 1. The summed E-state index contributed by atoms with van der Waals surface area (Å²) in [6.07, 6.45) is 4.78. The largest absolute Gasteiger partial charge is 0.469 e. The summed E-state index contributed by atoms with van der Waals surface area (Å²) in [5.41, 5.74) is 0.878. The van der Waals surface area contributed by atoms with Crippen LogP contribution >= 0.6 is 0 Å². The molecule has 0 N–H and O–H groups in total. The zero-order valence-electron chi connectivity index (χ0n) is 14.2. The number of furan rings is 1. The number of carbonyl (C=O) groups excluding carboxylic acids is 1. The van der Waals surface area contributed by atoms with Crippen molar-refractivity contribution in [2.75, 3.05) is 0 Å². The second-order valence-corrected chi connectivity index (χ2v) is 6.86. The van der Waals surface area contributed by atoms with Gasteiger partial charge in [0.05, 0.1) is 6.26 Å². The van der Waals surface area contributed by atoms with Gasteiger partial charge in [-0.2, -0.15) is 0 Å². The van der Waals surface area contributed by atoms with Crippen molar-refractivity contribution in [3.63, 3.8) is 0 Å². The minimum atomic E-state index is -0.429. The van der Waals surface area contributed by atoms with Gasteiger partial charge in [-0.15, -0.1) is 0 Å². The lowest BCUT2D eigenvalue weighted by Crippen LogP contribution is -2.24. The molecule has 3 heteroatoms. The number of ether oxygens (including phenoxy) is 1. The second-order valence-electron chi connectivity index (χ2n) is 6.86. The number of hydrogen-bond acceptors (Lipinski definition) is 3. The molecule has 1 heterocycles. The smallest absolute Gasteiger partial charge is 0.306 e. The van der Waals surface area contributed by atoms with Gasteiger partial charge in [-0.1, -0.05) is 30.3 Å². The average Bonchev–Trinajstić information content (AvgIpc) is 3.00. The van der Waals surface area contributed by atoms with Crippen LogP contribution in [0.2, 0.25) is 0 Å². The molecule has 0 spiro atoms. The lowest BCUT2D eigenvalue weighted by molar-refractivity contribution is -0.155. The maximum atomic E-state index is 12.0. The Labute approximate surface area is 138 Å². The SMILES string of the molecule is CC(C)(C)OC(=O)CC[C@H](CCc1ccccc1)c1ccco1. The van der Waals surface area contributed by atoms with E-state index >= 15 is 0 Å². The van der Waals surface area contributed by atoms with E-state index < -0.39 is 5.60 Å². The third-order valence-electron chi connectivity index (χ3n) is 3.69. The van der Waals surface area contributed by atoms with E-state index in [0.717, 1.165) is 25.0 Å². The summed E-state index contributed by atoms with van der Waals surface area (Å²) in [4.78, 5) is 12.0. The Bertz CT molecular complexity index is 579. The Morgan fingerprint density at radius 3 is 2.43 bits per heavy atom. The first kappa shape index (κ1) is 17.3. The van der Waals surface area contributed by atoms with Gasteiger partial charge in [0, 0.05) is 12.3 Å². The molecule has 0 amide bonds. The van der Waals surface area contributed by atoms with Crippen molar-refractivity contribution in [2.45, 2.75) is 58.0 Å². The van der Waals surface area contributed by atoms with E-state index in [1.54, 1.807) is 6.26 Å². The van der Waals surface area contributed by atoms with E-state index in [0.29, 0.717) is 6.42 Å². The minimum Gasteiger partial charge on any atom is -0.469 e. The number of carbonyl (C=O) groups is 1. The average molecular weight is 314 g/mol. The third-order valence-corrected chi connectivity index (χ3v) is 3.69. The van der Waals surface area contributed by atoms with Gasteiger partial charge < -0.3 is 9.15 Å². The highest BCUT2D eigenvalue weighted by Crippen LogP contribution is 2.27. The van der Waals surface area contributed by atoms with Crippen LogP contribution in [0.5, 0.6) is 0 Å². The van der Waals surface area contributed by atoms with Gasteiger partial charge in [0.15, 0.2) is 0 Å². The highest BCUT2D eigenvalue weighted by molar-refractivity contribution is 5.69. The molecule has 23 heavy (non-hydrogen) atoms. The molecule has 0 unspecified atom stereocenters. The maximum absolute atomic E-state index is 12.0. The summed E-state index contributed by atoms with van der Waals surface area (Å²) in [5, 5.41) is 0. The van der Waals surface area contributed by atoms with Gasteiger partial charge in [0.25, 0.3) is 0 Å². The van der Waals surface area contributed by atoms with Crippen molar-refractivity contribution in [3.05, 3.63) is 60.1 Å². The number of rotatable bonds is 7. The third kappa shape index (κ3) is 6.31. The first-order valence-electron chi connectivity index (χ1n) is 8.23. The number of aryl methyl sites for hydroxylation is 1. The zero-order chi connectivity index (χ0) is 16.7. The van der Waals surface area contributed by atoms with Crippen LogP contribution in [-0.2, 0) is 16.0 Å². The summed E-state index contributed by atoms with van der Waals surface area (Å²) >= 11 is 0. The minimum absolute atomic E-state index is 0.145. The van der Waals surface area contributed by atoms with Crippen LogP contribution in [0.3, 0.4) is 0 Å². The molecule has 124 valence electrons. The molecule has 0 fully saturated rings. The fourth-order valence-electron chi connectivity index (χ4n) is 2.62. The van der Waals surface area contributed by atoms with E-state index in [9.17, 15) is 4.79 Å². The van der Waals surface area contributed by atoms with E-state index in [1.165, 1.54) is 5.56 Å². The van der Waals surface area contributed by atoms with E-state index in [4.69, 9.17) is 9.15 Å². The summed E-state index contributed by atoms with van der Waals surface area (Å²) in [7, 11) is 0. The quantitative estimate of drug-likeness (QED) is 0.666. The molecule has 1 aromatic carbocycles. The lowest BCUT2D eigenvalue weighted by atomic mass is 9.93. The molecule has 2 rings (SSSR count). The van der Waals surface area contributed by atoms with Gasteiger partial charge in [-0.25, -0.2) is 0 Å². The maximum Gasteiger partial charge on any atom is 0.306 e. The Kier molecular flexibility index (Phi) is 6.03. The van der Waals surface area contributed by atoms with E-state index in [1.807, 2.05) is 39.0 Å². The van der Waals surface area contributed by atoms with Gasteiger partial charge >= 0.3 is 5.97 Å². The number of esters is 1. The Morgan fingerprint density at radius 1 is 1.09 bits per heavy atom. The van der Waals surface area contributed by atoms with Crippen LogP contribution in [0.25, 0.3) is 0 Å². The molecule has 0 aliphatic rings. The van der Waals surface area contributed by atoms with E-state index in [2.05, 4.69) is 24.3 Å². The Balaban J connectivity index is 1.92. The lowest BCUT2D eigenvalue weighted by Gasteiger charge is -2.20. The molecule has 0 saturated heterocycles. The molecule has 0 aliphatic heterocycles. The Morgan fingerprint density at radius 2 is 1.83 bits per heavy atom. The normalized spacial score (nSPS) is 12.8. The summed E-state index contributed by atoms with van der Waals surface area (Å²) in [5.74, 6) is 1.04. The zero-order valence-corrected chi connectivity index (χ0v) is 14.2. The van der Waals surface area contributed by atoms with Crippen LogP contribution in [-0.4, -0.2) is 11.6 Å². The van der Waals surface area contributed by atoms with Crippen molar-refractivity contribution in [3.8, 4) is 0 Å². The molecule has 0 saturated carbocycles. The van der Waals surface area contributed by atoms with Crippen molar-refractivity contribution in [1.29, 1.82) is 0 Å². The van der Waals surface area contributed by atoms with Crippen LogP contribution in [0.1, 0.15) is 57.3 Å². The van der Waals surface area contributed by atoms with Crippen molar-refractivity contribution < 1.29 is 13.9 Å².